The molecule has 50 valence electrons. The van der Waals surface area contributed by atoms with Gasteiger partial charge in [0, 0.05) is 19.1 Å². The smallest absolute Gasteiger partial charge is 0.0698 e. The first-order valence-corrected chi connectivity index (χ1v) is 4.71. The summed E-state index contributed by atoms with van der Waals surface area (Å²) >= 11 is 4.34. The molecule has 0 rings (SSSR count). The molecule has 2 N–H and O–H groups in total. The van der Waals surface area contributed by atoms with Gasteiger partial charge in [-0.25, -0.2) is 0 Å². The van der Waals surface area contributed by atoms with E-state index >= 15 is 0 Å². The standard InChI is InChI=1S/C4H8I2O2/c5-4(6)3(1-7)2-8/h3-4,7-8H,1-2H2. The molecule has 0 atom stereocenters. The van der Waals surface area contributed by atoms with Crippen LogP contribution in [-0.4, -0.2) is 25.4 Å². The highest BCUT2D eigenvalue weighted by molar-refractivity contribution is 14.2. The highest BCUT2D eigenvalue weighted by Gasteiger charge is 2.12. The molecule has 0 aromatic rings. The highest BCUT2D eigenvalue weighted by atomic mass is 127. The van der Waals surface area contributed by atoms with Gasteiger partial charge in [-0.15, -0.1) is 0 Å². The van der Waals surface area contributed by atoms with Crippen molar-refractivity contribution in [3.05, 3.63) is 0 Å². The largest absolute Gasteiger partial charge is 0.396 e. The molecule has 0 aromatic carbocycles. The third kappa shape index (κ3) is 3.41. The molecule has 0 aliphatic heterocycles. The molecule has 0 unspecified atom stereocenters. The van der Waals surface area contributed by atoms with E-state index in [0.717, 1.165) is 0 Å². The first kappa shape index (κ1) is 9.38. The average molecular weight is 342 g/mol. The van der Waals surface area contributed by atoms with Gasteiger partial charge in [0.1, 0.15) is 0 Å². The minimum atomic E-state index is 0.0381. The third-order valence-corrected chi connectivity index (χ3v) is 2.86. The van der Waals surface area contributed by atoms with Crippen LogP contribution in [0.3, 0.4) is 0 Å². The summed E-state index contributed by atoms with van der Waals surface area (Å²) in [5, 5.41) is 17.1. The van der Waals surface area contributed by atoms with Crippen LogP contribution < -0.4 is 0 Å². The van der Waals surface area contributed by atoms with Crippen molar-refractivity contribution in [2.24, 2.45) is 5.92 Å². The molecule has 0 fully saturated rings. The van der Waals surface area contributed by atoms with Crippen molar-refractivity contribution < 1.29 is 10.2 Å². The molecule has 0 spiro atoms. The summed E-state index contributed by atoms with van der Waals surface area (Å²) in [6.07, 6.45) is 0. The predicted molar refractivity (Wildman–Crippen MR) is 49.5 cm³/mol. The lowest BCUT2D eigenvalue weighted by Gasteiger charge is -2.10. The Kier molecular flexibility index (Phi) is 6.08. The summed E-state index contributed by atoms with van der Waals surface area (Å²) in [4.78, 5) is 0. The van der Waals surface area contributed by atoms with E-state index in [-0.39, 0.29) is 19.1 Å². The van der Waals surface area contributed by atoms with Crippen molar-refractivity contribution in [3.63, 3.8) is 0 Å². The van der Waals surface area contributed by atoms with E-state index in [4.69, 9.17) is 10.2 Å². The Hall–Kier alpha value is 1.38. The number of aliphatic hydroxyl groups is 2. The van der Waals surface area contributed by atoms with E-state index in [1.165, 1.54) is 0 Å². The predicted octanol–water partition coefficient (Wildman–Crippen LogP) is 0.783. The molecule has 0 saturated carbocycles. The van der Waals surface area contributed by atoms with E-state index in [1.807, 2.05) is 0 Å². The molecule has 0 saturated heterocycles. The number of rotatable bonds is 3. The monoisotopic (exact) mass is 342 g/mol. The zero-order valence-electron chi connectivity index (χ0n) is 4.22. The second kappa shape index (κ2) is 5.19. The van der Waals surface area contributed by atoms with Crippen LogP contribution in [0, 0.1) is 5.92 Å². The van der Waals surface area contributed by atoms with E-state index < -0.39 is 0 Å². The maximum atomic E-state index is 8.53. The van der Waals surface area contributed by atoms with Gasteiger partial charge >= 0.3 is 0 Å². The van der Waals surface area contributed by atoms with Gasteiger partial charge in [-0.2, -0.15) is 0 Å². The summed E-state index contributed by atoms with van der Waals surface area (Å²) in [6.45, 7) is 0.153. The van der Waals surface area contributed by atoms with Crippen LogP contribution in [0.5, 0.6) is 0 Å². The van der Waals surface area contributed by atoms with Gasteiger partial charge in [-0.1, -0.05) is 45.2 Å². The molecule has 0 aromatic heterocycles. The van der Waals surface area contributed by atoms with Crippen LogP contribution in [-0.2, 0) is 0 Å². The number of halogens is 2. The van der Waals surface area contributed by atoms with Gasteiger partial charge in [-0.3, -0.25) is 0 Å². The molecule has 0 radical (unpaired) electrons. The Morgan fingerprint density at radius 1 is 1.12 bits per heavy atom. The van der Waals surface area contributed by atoms with Crippen LogP contribution in [0.15, 0.2) is 0 Å². The number of hydrogen-bond donors (Lipinski definition) is 2. The van der Waals surface area contributed by atoms with Crippen LogP contribution in [0.4, 0.5) is 0 Å². The van der Waals surface area contributed by atoms with Crippen LogP contribution in [0.2, 0.25) is 0 Å². The van der Waals surface area contributed by atoms with Gasteiger partial charge < -0.3 is 10.2 Å². The van der Waals surface area contributed by atoms with Crippen LogP contribution in [0.25, 0.3) is 0 Å². The van der Waals surface area contributed by atoms with Crippen molar-refractivity contribution in [1.29, 1.82) is 0 Å². The normalized spacial score (nSPS) is 11.2. The first-order valence-electron chi connectivity index (χ1n) is 2.22. The van der Waals surface area contributed by atoms with Crippen molar-refractivity contribution >= 4 is 45.2 Å². The lowest BCUT2D eigenvalue weighted by atomic mass is 10.2. The van der Waals surface area contributed by atoms with E-state index in [0.29, 0.717) is 1.93 Å². The fraction of sp³-hybridized carbons (Fsp3) is 1.00. The summed E-state index contributed by atoms with van der Waals surface area (Å²) in [6, 6.07) is 0. The summed E-state index contributed by atoms with van der Waals surface area (Å²) in [5.74, 6) is 0.0381. The minimum absolute atomic E-state index is 0.0381. The van der Waals surface area contributed by atoms with Gasteiger partial charge in [-0.05, 0) is 0 Å². The summed E-state index contributed by atoms with van der Waals surface area (Å²) in [7, 11) is 0. The SMILES string of the molecule is OCC(CO)C(I)I. The maximum Gasteiger partial charge on any atom is 0.0698 e. The fourth-order valence-corrected chi connectivity index (χ4v) is 1.13. The second-order valence-corrected chi connectivity index (χ2v) is 6.53. The van der Waals surface area contributed by atoms with Gasteiger partial charge in [0.15, 0.2) is 0 Å². The van der Waals surface area contributed by atoms with Crippen molar-refractivity contribution in [1.82, 2.24) is 0 Å². The molecule has 0 aliphatic rings. The number of hydrogen-bond acceptors (Lipinski definition) is 2. The van der Waals surface area contributed by atoms with Crippen LogP contribution in [0.1, 0.15) is 0 Å². The highest BCUT2D eigenvalue weighted by Crippen LogP contribution is 2.19. The van der Waals surface area contributed by atoms with E-state index in [9.17, 15) is 0 Å². The van der Waals surface area contributed by atoms with Crippen molar-refractivity contribution in [3.8, 4) is 0 Å². The Bertz CT molecular complexity index is 54.0. The molecular formula is C4H8I2O2. The van der Waals surface area contributed by atoms with E-state index in [1.54, 1.807) is 0 Å². The summed E-state index contributed by atoms with van der Waals surface area (Å²) in [5.41, 5.74) is 0. The quantitative estimate of drug-likeness (QED) is 0.588. The summed E-state index contributed by atoms with van der Waals surface area (Å²) < 4.78 is 0.320. The lowest BCUT2D eigenvalue weighted by Crippen LogP contribution is -2.16. The zero-order valence-corrected chi connectivity index (χ0v) is 8.53. The molecule has 0 amide bonds. The minimum Gasteiger partial charge on any atom is -0.396 e. The maximum absolute atomic E-state index is 8.53. The number of alkyl halides is 2. The second-order valence-electron chi connectivity index (χ2n) is 1.46. The Balaban J connectivity index is 3.35. The molecular weight excluding hydrogens is 334 g/mol. The van der Waals surface area contributed by atoms with Gasteiger partial charge in [0.2, 0.25) is 0 Å². The Morgan fingerprint density at radius 3 is 1.50 bits per heavy atom. The average Bonchev–Trinajstić information content (AvgIpc) is 1.69. The number of aliphatic hydroxyl groups excluding tert-OH is 2. The molecule has 4 heteroatoms. The molecule has 0 heterocycles. The van der Waals surface area contributed by atoms with Gasteiger partial charge in [0.25, 0.3) is 0 Å². The molecule has 0 bridgehead atoms. The Labute approximate surface area is 75.9 Å². The van der Waals surface area contributed by atoms with Gasteiger partial charge in [0.05, 0.1) is 1.93 Å². The van der Waals surface area contributed by atoms with E-state index in [2.05, 4.69) is 45.2 Å². The topological polar surface area (TPSA) is 40.5 Å². The van der Waals surface area contributed by atoms with Crippen molar-refractivity contribution in [2.75, 3.05) is 13.2 Å². The third-order valence-electron chi connectivity index (χ3n) is 0.825. The first-order chi connectivity index (χ1) is 3.72. The molecule has 0 aliphatic carbocycles. The van der Waals surface area contributed by atoms with Crippen LogP contribution >= 0.6 is 45.2 Å². The zero-order chi connectivity index (χ0) is 6.57. The molecule has 8 heavy (non-hydrogen) atoms. The molecule has 2 nitrogen and oxygen atoms in total. The lowest BCUT2D eigenvalue weighted by molar-refractivity contribution is 0.164. The Morgan fingerprint density at radius 2 is 1.50 bits per heavy atom. The van der Waals surface area contributed by atoms with Crippen molar-refractivity contribution in [2.45, 2.75) is 1.93 Å². The fourth-order valence-electron chi connectivity index (χ4n) is 0.217.